The molecule has 7 heteroatoms. The van der Waals surface area contributed by atoms with Crippen LogP contribution in [0.3, 0.4) is 0 Å². The summed E-state index contributed by atoms with van der Waals surface area (Å²) in [7, 11) is 0. The SMILES string of the molecule is CCN(Cc1ccccc1)Cc1nnc2cc(-c3nc(-c4ccccc4)no3)ccn12. The summed E-state index contributed by atoms with van der Waals surface area (Å²) >= 11 is 0. The van der Waals surface area contributed by atoms with Crippen LogP contribution in [0.2, 0.25) is 0 Å². The number of nitrogens with zero attached hydrogens (tertiary/aromatic N) is 6. The summed E-state index contributed by atoms with van der Waals surface area (Å²) in [6, 6.07) is 24.1. The Morgan fingerprint density at radius 1 is 0.871 bits per heavy atom. The van der Waals surface area contributed by atoms with Crippen molar-refractivity contribution in [1.82, 2.24) is 29.6 Å². The zero-order valence-electron chi connectivity index (χ0n) is 17.2. The highest BCUT2D eigenvalue weighted by Gasteiger charge is 2.14. The van der Waals surface area contributed by atoms with E-state index in [4.69, 9.17) is 4.52 Å². The number of hydrogen-bond donors (Lipinski definition) is 0. The molecule has 0 atom stereocenters. The maximum Gasteiger partial charge on any atom is 0.258 e. The van der Waals surface area contributed by atoms with Crippen molar-refractivity contribution in [3.63, 3.8) is 0 Å². The van der Waals surface area contributed by atoms with Crippen molar-refractivity contribution in [2.75, 3.05) is 6.54 Å². The highest BCUT2D eigenvalue weighted by molar-refractivity contribution is 5.62. The van der Waals surface area contributed by atoms with E-state index < -0.39 is 0 Å². The molecule has 0 amide bonds. The predicted molar refractivity (Wildman–Crippen MR) is 118 cm³/mol. The minimum Gasteiger partial charge on any atom is -0.334 e. The van der Waals surface area contributed by atoms with Crippen LogP contribution in [0.1, 0.15) is 18.3 Å². The van der Waals surface area contributed by atoms with Crippen LogP contribution >= 0.6 is 0 Å². The summed E-state index contributed by atoms with van der Waals surface area (Å²) in [5.74, 6) is 1.93. The van der Waals surface area contributed by atoms with Crippen molar-refractivity contribution in [2.45, 2.75) is 20.0 Å². The first-order chi connectivity index (χ1) is 15.3. The van der Waals surface area contributed by atoms with Crippen LogP contribution in [0.15, 0.2) is 83.5 Å². The summed E-state index contributed by atoms with van der Waals surface area (Å²) in [6.45, 7) is 4.66. The molecule has 2 aromatic carbocycles. The Morgan fingerprint density at radius 2 is 1.65 bits per heavy atom. The van der Waals surface area contributed by atoms with Crippen molar-refractivity contribution >= 4 is 5.65 Å². The van der Waals surface area contributed by atoms with Gasteiger partial charge in [-0.15, -0.1) is 10.2 Å². The molecule has 0 N–H and O–H groups in total. The minimum atomic E-state index is 0.463. The van der Waals surface area contributed by atoms with E-state index in [0.29, 0.717) is 18.3 Å². The third-order valence-corrected chi connectivity index (χ3v) is 5.25. The van der Waals surface area contributed by atoms with Crippen molar-refractivity contribution < 1.29 is 4.52 Å². The van der Waals surface area contributed by atoms with Crippen LogP contribution in [-0.2, 0) is 13.1 Å². The molecular formula is C24H22N6O. The quantitative estimate of drug-likeness (QED) is 0.394. The lowest BCUT2D eigenvalue weighted by Crippen LogP contribution is -2.23. The van der Waals surface area contributed by atoms with Gasteiger partial charge in [-0.3, -0.25) is 9.30 Å². The lowest BCUT2D eigenvalue weighted by Gasteiger charge is -2.19. The van der Waals surface area contributed by atoms with Gasteiger partial charge in [0.2, 0.25) is 5.82 Å². The van der Waals surface area contributed by atoms with E-state index in [1.807, 2.05) is 59.1 Å². The number of aromatic nitrogens is 5. The first kappa shape index (κ1) is 19.1. The molecule has 5 rings (SSSR count). The molecule has 0 aliphatic rings. The molecule has 3 aromatic heterocycles. The zero-order chi connectivity index (χ0) is 21.0. The fourth-order valence-corrected chi connectivity index (χ4v) is 3.55. The fraction of sp³-hybridized carbons (Fsp3) is 0.167. The molecule has 0 fully saturated rings. The average Bonchev–Trinajstić information content (AvgIpc) is 3.47. The summed E-state index contributed by atoms with van der Waals surface area (Å²) in [5.41, 5.74) is 3.77. The molecule has 0 aliphatic heterocycles. The molecule has 0 spiro atoms. The van der Waals surface area contributed by atoms with E-state index >= 15 is 0 Å². The van der Waals surface area contributed by atoms with Crippen molar-refractivity contribution in [3.8, 4) is 22.8 Å². The van der Waals surface area contributed by atoms with Gasteiger partial charge in [0.15, 0.2) is 11.5 Å². The van der Waals surface area contributed by atoms with E-state index in [9.17, 15) is 0 Å². The second-order valence-electron chi connectivity index (χ2n) is 7.34. The van der Waals surface area contributed by atoms with Crippen molar-refractivity contribution in [1.29, 1.82) is 0 Å². The van der Waals surface area contributed by atoms with Gasteiger partial charge in [0.1, 0.15) is 0 Å². The maximum absolute atomic E-state index is 5.48. The minimum absolute atomic E-state index is 0.463. The average molecular weight is 410 g/mol. The lowest BCUT2D eigenvalue weighted by atomic mass is 10.2. The molecular weight excluding hydrogens is 388 g/mol. The summed E-state index contributed by atoms with van der Waals surface area (Å²) in [6.07, 6.45) is 1.96. The number of fused-ring (bicyclic) bond motifs is 1. The third-order valence-electron chi connectivity index (χ3n) is 5.25. The normalized spacial score (nSPS) is 11.4. The largest absolute Gasteiger partial charge is 0.334 e. The van der Waals surface area contributed by atoms with Gasteiger partial charge in [-0.1, -0.05) is 72.7 Å². The first-order valence-corrected chi connectivity index (χ1v) is 10.3. The second-order valence-corrected chi connectivity index (χ2v) is 7.34. The Hall–Kier alpha value is -3.84. The van der Waals surface area contributed by atoms with Gasteiger partial charge in [0, 0.05) is 23.9 Å². The number of pyridine rings is 1. The molecule has 0 unspecified atom stereocenters. The highest BCUT2D eigenvalue weighted by atomic mass is 16.5. The van der Waals surface area contributed by atoms with Crippen LogP contribution in [0.25, 0.3) is 28.5 Å². The van der Waals surface area contributed by atoms with Gasteiger partial charge >= 0.3 is 0 Å². The highest BCUT2D eigenvalue weighted by Crippen LogP contribution is 2.23. The molecule has 0 saturated carbocycles. The third kappa shape index (κ3) is 4.08. The van der Waals surface area contributed by atoms with Crippen molar-refractivity contribution in [2.24, 2.45) is 0 Å². The topological polar surface area (TPSA) is 72.3 Å². The standard InChI is InChI=1S/C24H22N6O/c1-2-29(16-18-9-5-3-6-10-18)17-22-27-26-21-15-20(13-14-30(21)22)24-25-23(28-31-24)19-11-7-4-8-12-19/h3-15H,2,16-17H2,1H3. The smallest absolute Gasteiger partial charge is 0.258 e. The van der Waals surface area contributed by atoms with E-state index in [1.165, 1.54) is 5.56 Å². The molecule has 0 aliphatic carbocycles. The lowest BCUT2D eigenvalue weighted by molar-refractivity contribution is 0.263. The van der Waals surface area contributed by atoms with Gasteiger partial charge in [-0.25, -0.2) is 0 Å². The van der Waals surface area contributed by atoms with Crippen molar-refractivity contribution in [3.05, 3.63) is 90.4 Å². The predicted octanol–water partition coefficient (Wildman–Crippen LogP) is 4.47. The molecule has 0 radical (unpaired) electrons. The molecule has 5 aromatic rings. The van der Waals surface area contributed by atoms with Crippen LogP contribution in [0.4, 0.5) is 0 Å². The first-order valence-electron chi connectivity index (χ1n) is 10.3. The van der Waals surface area contributed by atoms with Gasteiger partial charge in [-0.2, -0.15) is 4.98 Å². The van der Waals surface area contributed by atoms with E-state index in [0.717, 1.165) is 35.7 Å². The van der Waals surface area contributed by atoms with Gasteiger partial charge in [0.05, 0.1) is 6.54 Å². The van der Waals surface area contributed by atoms with Gasteiger partial charge in [-0.05, 0) is 24.2 Å². The van der Waals surface area contributed by atoms with Crippen LogP contribution in [0, 0.1) is 0 Å². The van der Waals surface area contributed by atoms with Crippen LogP contribution in [0.5, 0.6) is 0 Å². The Labute approximate surface area is 180 Å². The molecule has 31 heavy (non-hydrogen) atoms. The number of benzene rings is 2. The molecule has 3 heterocycles. The van der Waals surface area contributed by atoms with Crippen LogP contribution < -0.4 is 0 Å². The summed E-state index contributed by atoms with van der Waals surface area (Å²) in [4.78, 5) is 6.87. The summed E-state index contributed by atoms with van der Waals surface area (Å²) < 4.78 is 7.49. The number of hydrogen-bond acceptors (Lipinski definition) is 6. The Bertz CT molecular complexity index is 1280. The fourth-order valence-electron chi connectivity index (χ4n) is 3.55. The van der Waals surface area contributed by atoms with Gasteiger partial charge < -0.3 is 4.52 Å². The second kappa shape index (κ2) is 8.49. The van der Waals surface area contributed by atoms with E-state index in [2.05, 4.69) is 56.4 Å². The van der Waals surface area contributed by atoms with Gasteiger partial charge in [0.25, 0.3) is 5.89 Å². The zero-order valence-corrected chi connectivity index (χ0v) is 17.2. The monoisotopic (exact) mass is 410 g/mol. The Balaban J connectivity index is 1.37. The number of rotatable bonds is 7. The molecule has 7 nitrogen and oxygen atoms in total. The van der Waals surface area contributed by atoms with Crippen LogP contribution in [-0.4, -0.2) is 36.2 Å². The Kier molecular flexibility index (Phi) is 5.24. The summed E-state index contributed by atoms with van der Waals surface area (Å²) in [5, 5.41) is 12.9. The Morgan fingerprint density at radius 3 is 2.42 bits per heavy atom. The van der Waals surface area contributed by atoms with E-state index in [-0.39, 0.29) is 0 Å². The molecule has 0 bridgehead atoms. The van der Waals surface area contributed by atoms with E-state index in [1.54, 1.807) is 0 Å². The molecule has 154 valence electrons. The maximum atomic E-state index is 5.48. The molecule has 0 saturated heterocycles.